The first kappa shape index (κ1) is 16.7. The molecule has 0 saturated carbocycles. The summed E-state index contributed by atoms with van der Waals surface area (Å²) in [6.07, 6.45) is 0. The van der Waals surface area contributed by atoms with Gasteiger partial charge in [0.05, 0.1) is 0 Å². The number of rotatable bonds is 6. The van der Waals surface area contributed by atoms with Crippen LogP contribution in [-0.2, 0) is 4.79 Å². The van der Waals surface area contributed by atoms with E-state index in [2.05, 4.69) is 15.5 Å². The fraction of sp³-hybridized carbons (Fsp3) is 0.211. The van der Waals surface area contributed by atoms with Crippen LogP contribution in [0.3, 0.4) is 0 Å². The fourth-order valence-corrected chi connectivity index (χ4v) is 2.24. The zero-order chi connectivity index (χ0) is 17.6. The van der Waals surface area contributed by atoms with E-state index in [1.165, 1.54) is 0 Å². The maximum absolute atomic E-state index is 12.0. The van der Waals surface area contributed by atoms with Crippen LogP contribution in [-0.4, -0.2) is 22.7 Å². The van der Waals surface area contributed by atoms with E-state index in [9.17, 15) is 4.79 Å². The summed E-state index contributed by atoms with van der Waals surface area (Å²) in [5.74, 6) is 1.23. The maximum Gasteiger partial charge on any atom is 0.258 e. The molecule has 0 aliphatic carbocycles. The Bertz CT molecular complexity index is 829. The van der Waals surface area contributed by atoms with E-state index >= 15 is 0 Å². The first-order valence-electron chi connectivity index (χ1n) is 7.99. The van der Waals surface area contributed by atoms with E-state index in [0.29, 0.717) is 17.5 Å². The molecule has 1 amide bonds. The van der Waals surface area contributed by atoms with Crippen LogP contribution in [0.4, 0.5) is 0 Å². The van der Waals surface area contributed by atoms with Crippen molar-refractivity contribution in [2.24, 2.45) is 0 Å². The van der Waals surface area contributed by atoms with Crippen molar-refractivity contribution >= 4 is 5.91 Å². The van der Waals surface area contributed by atoms with E-state index in [0.717, 1.165) is 11.1 Å². The van der Waals surface area contributed by atoms with Gasteiger partial charge in [-0.3, -0.25) is 4.79 Å². The number of carbonyl (C=O) groups is 1. The van der Waals surface area contributed by atoms with Gasteiger partial charge in [-0.05, 0) is 26.0 Å². The average Bonchev–Trinajstić information content (AvgIpc) is 3.12. The number of benzene rings is 2. The molecule has 0 aliphatic rings. The van der Waals surface area contributed by atoms with Crippen molar-refractivity contribution in [1.29, 1.82) is 0 Å². The molecule has 0 spiro atoms. The lowest BCUT2D eigenvalue weighted by molar-refractivity contribution is -0.123. The summed E-state index contributed by atoms with van der Waals surface area (Å²) in [4.78, 5) is 16.3. The average molecular weight is 337 g/mol. The summed E-state index contributed by atoms with van der Waals surface area (Å²) in [6, 6.07) is 16.6. The second-order valence-electron chi connectivity index (χ2n) is 5.71. The fourth-order valence-electron chi connectivity index (χ4n) is 2.24. The molecule has 0 saturated heterocycles. The number of carbonyl (C=O) groups excluding carboxylic acids is 1. The topological polar surface area (TPSA) is 77.2 Å². The summed E-state index contributed by atoms with van der Waals surface area (Å²) in [7, 11) is 0. The first-order chi connectivity index (χ1) is 12.1. The van der Waals surface area contributed by atoms with Crippen LogP contribution in [0.1, 0.15) is 24.4 Å². The standard InChI is InChI=1S/C19H19N3O3/c1-13-8-10-15(11-9-13)18-21-19(25-22-18)14(2)20-17(23)12-24-16-6-4-3-5-7-16/h3-11,14H,12H2,1-2H3,(H,20,23)/t14-/m1/s1. The van der Waals surface area contributed by atoms with Gasteiger partial charge < -0.3 is 14.6 Å². The number of aromatic nitrogens is 2. The van der Waals surface area contributed by atoms with Crippen LogP contribution < -0.4 is 10.1 Å². The molecule has 0 radical (unpaired) electrons. The lowest BCUT2D eigenvalue weighted by atomic mass is 10.1. The lowest BCUT2D eigenvalue weighted by Gasteiger charge is -2.10. The van der Waals surface area contributed by atoms with Crippen LogP contribution in [0, 0.1) is 6.92 Å². The number of aryl methyl sites for hydroxylation is 1. The Morgan fingerprint density at radius 3 is 2.60 bits per heavy atom. The molecular weight excluding hydrogens is 318 g/mol. The van der Waals surface area contributed by atoms with Gasteiger partial charge in [0.15, 0.2) is 6.61 Å². The Morgan fingerprint density at radius 2 is 1.88 bits per heavy atom. The monoisotopic (exact) mass is 337 g/mol. The molecular formula is C19H19N3O3. The van der Waals surface area contributed by atoms with Crippen LogP contribution in [0.25, 0.3) is 11.4 Å². The SMILES string of the molecule is Cc1ccc(-c2noc([C@@H](C)NC(=O)COc3ccccc3)n2)cc1. The van der Waals surface area contributed by atoms with Gasteiger partial charge in [-0.25, -0.2) is 0 Å². The van der Waals surface area contributed by atoms with Gasteiger partial charge in [-0.15, -0.1) is 0 Å². The summed E-state index contributed by atoms with van der Waals surface area (Å²) >= 11 is 0. The van der Waals surface area contributed by atoms with E-state index in [1.807, 2.05) is 49.4 Å². The summed E-state index contributed by atoms with van der Waals surface area (Å²) < 4.78 is 10.7. The van der Waals surface area contributed by atoms with Crippen molar-refractivity contribution in [2.45, 2.75) is 19.9 Å². The Balaban J connectivity index is 1.57. The number of nitrogens with one attached hydrogen (secondary N) is 1. The van der Waals surface area contributed by atoms with Gasteiger partial charge in [0, 0.05) is 5.56 Å². The van der Waals surface area contributed by atoms with E-state index < -0.39 is 6.04 Å². The minimum Gasteiger partial charge on any atom is -0.484 e. The lowest BCUT2D eigenvalue weighted by Crippen LogP contribution is -2.31. The molecule has 1 aromatic heterocycles. The van der Waals surface area contributed by atoms with Gasteiger partial charge >= 0.3 is 0 Å². The Morgan fingerprint density at radius 1 is 1.16 bits per heavy atom. The highest BCUT2D eigenvalue weighted by Gasteiger charge is 2.17. The summed E-state index contributed by atoms with van der Waals surface area (Å²) in [6.45, 7) is 3.72. The molecule has 0 bridgehead atoms. The van der Waals surface area contributed by atoms with Crippen molar-refractivity contribution in [3.8, 4) is 17.1 Å². The molecule has 3 rings (SSSR count). The highest BCUT2D eigenvalue weighted by Crippen LogP contribution is 2.19. The third-order valence-corrected chi connectivity index (χ3v) is 3.61. The summed E-state index contributed by atoms with van der Waals surface area (Å²) in [5, 5.41) is 6.75. The second kappa shape index (κ2) is 7.61. The largest absolute Gasteiger partial charge is 0.484 e. The highest BCUT2D eigenvalue weighted by atomic mass is 16.5. The van der Waals surface area contributed by atoms with Gasteiger partial charge in [-0.1, -0.05) is 53.2 Å². The van der Waals surface area contributed by atoms with Gasteiger partial charge in [-0.2, -0.15) is 4.98 Å². The number of ether oxygens (including phenoxy) is 1. The van der Waals surface area contributed by atoms with Crippen LogP contribution in [0.2, 0.25) is 0 Å². The van der Waals surface area contributed by atoms with E-state index in [-0.39, 0.29) is 12.5 Å². The predicted octanol–water partition coefficient (Wildman–Crippen LogP) is 3.30. The molecule has 0 unspecified atom stereocenters. The quantitative estimate of drug-likeness (QED) is 0.747. The van der Waals surface area contributed by atoms with Crippen LogP contribution in [0.5, 0.6) is 5.75 Å². The molecule has 1 heterocycles. The van der Waals surface area contributed by atoms with Gasteiger partial charge in [0.1, 0.15) is 11.8 Å². The van der Waals surface area contributed by atoms with Gasteiger partial charge in [0.2, 0.25) is 11.7 Å². The van der Waals surface area contributed by atoms with E-state index in [4.69, 9.17) is 9.26 Å². The van der Waals surface area contributed by atoms with Crippen molar-refractivity contribution in [3.05, 3.63) is 66.1 Å². The molecule has 3 aromatic rings. The normalized spacial score (nSPS) is 11.8. The van der Waals surface area contributed by atoms with Crippen molar-refractivity contribution < 1.29 is 14.1 Å². The third kappa shape index (κ3) is 4.44. The smallest absolute Gasteiger partial charge is 0.258 e. The molecule has 0 aliphatic heterocycles. The number of hydrogen-bond donors (Lipinski definition) is 1. The number of hydrogen-bond acceptors (Lipinski definition) is 5. The van der Waals surface area contributed by atoms with Crippen LogP contribution in [0.15, 0.2) is 59.1 Å². The Labute approximate surface area is 145 Å². The molecule has 2 aromatic carbocycles. The van der Waals surface area contributed by atoms with Gasteiger partial charge in [0.25, 0.3) is 5.91 Å². The molecule has 0 fully saturated rings. The molecule has 1 N–H and O–H groups in total. The second-order valence-corrected chi connectivity index (χ2v) is 5.71. The highest BCUT2D eigenvalue weighted by molar-refractivity contribution is 5.77. The number of nitrogens with zero attached hydrogens (tertiary/aromatic N) is 2. The minimum atomic E-state index is -0.404. The van der Waals surface area contributed by atoms with E-state index in [1.54, 1.807) is 19.1 Å². The Hall–Kier alpha value is -3.15. The molecule has 128 valence electrons. The molecule has 25 heavy (non-hydrogen) atoms. The zero-order valence-electron chi connectivity index (χ0n) is 14.1. The van der Waals surface area contributed by atoms with Crippen molar-refractivity contribution in [1.82, 2.24) is 15.5 Å². The molecule has 1 atom stereocenters. The predicted molar refractivity (Wildman–Crippen MR) is 93.0 cm³/mol. The number of para-hydroxylation sites is 1. The Kier molecular flexibility index (Phi) is 5.09. The minimum absolute atomic E-state index is 0.0761. The van der Waals surface area contributed by atoms with Crippen molar-refractivity contribution in [3.63, 3.8) is 0 Å². The maximum atomic E-state index is 12.0. The molecule has 6 nitrogen and oxygen atoms in total. The third-order valence-electron chi connectivity index (χ3n) is 3.61. The van der Waals surface area contributed by atoms with Crippen molar-refractivity contribution in [2.75, 3.05) is 6.61 Å². The summed E-state index contributed by atoms with van der Waals surface area (Å²) in [5.41, 5.74) is 2.03. The zero-order valence-corrected chi connectivity index (χ0v) is 14.1. The number of amides is 1. The first-order valence-corrected chi connectivity index (χ1v) is 7.99. The molecule has 6 heteroatoms. The van der Waals surface area contributed by atoms with Crippen LogP contribution >= 0.6 is 0 Å².